The molecule has 202 valence electrons. The summed E-state index contributed by atoms with van der Waals surface area (Å²) in [6, 6.07) is 0. The predicted molar refractivity (Wildman–Crippen MR) is 140 cm³/mol. The van der Waals surface area contributed by atoms with Gasteiger partial charge in [-0.2, -0.15) is 0 Å². The highest BCUT2D eigenvalue weighted by molar-refractivity contribution is 4.82. The summed E-state index contributed by atoms with van der Waals surface area (Å²) in [5, 5.41) is 19.7. The zero-order chi connectivity index (χ0) is 25.0. The number of hydrogen-bond acceptors (Lipinski definition) is 6. The van der Waals surface area contributed by atoms with Crippen molar-refractivity contribution >= 4 is 0 Å². The molecule has 0 aliphatic heterocycles. The van der Waals surface area contributed by atoms with E-state index in [0.29, 0.717) is 26.4 Å². The van der Waals surface area contributed by atoms with E-state index in [1.807, 2.05) is 12.2 Å². The Morgan fingerprint density at radius 3 is 1.29 bits per heavy atom. The fourth-order valence-electron chi connectivity index (χ4n) is 3.30. The number of ether oxygens (including phenoxy) is 4. The second kappa shape index (κ2) is 28.5. The van der Waals surface area contributed by atoms with Crippen molar-refractivity contribution in [2.75, 3.05) is 52.9 Å². The Kier molecular flexibility index (Phi) is 27.8. The van der Waals surface area contributed by atoms with Crippen LogP contribution in [-0.4, -0.2) is 75.3 Å². The van der Waals surface area contributed by atoms with Gasteiger partial charge in [-0.1, -0.05) is 89.5 Å². The van der Waals surface area contributed by atoms with Crippen molar-refractivity contribution in [3.8, 4) is 0 Å². The number of allylic oxidation sites excluding steroid dienone is 2. The number of unbranched alkanes of at least 4 members (excludes halogenated alkanes) is 10. The third-order valence-electron chi connectivity index (χ3n) is 5.32. The van der Waals surface area contributed by atoms with Gasteiger partial charge in [0.15, 0.2) is 0 Å². The SMILES string of the molecule is CCCCCCC/C=C/COCC(O)COCCOCC(O)COC/C=C/CCCCCCC. The lowest BCUT2D eigenvalue weighted by Crippen LogP contribution is -2.25. The lowest BCUT2D eigenvalue weighted by molar-refractivity contribution is -0.0469. The van der Waals surface area contributed by atoms with Crippen LogP contribution < -0.4 is 0 Å². The smallest absolute Gasteiger partial charge is 0.101 e. The third kappa shape index (κ3) is 27.5. The molecule has 0 rings (SSSR count). The summed E-state index contributed by atoms with van der Waals surface area (Å²) >= 11 is 0. The van der Waals surface area contributed by atoms with Crippen molar-refractivity contribution in [2.24, 2.45) is 0 Å². The Morgan fingerprint density at radius 2 is 0.882 bits per heavy atom. The van der Waals surface area contributed by atoms with Crippen LogP contribution in [0.5, 0.6) is 0 Å². The van der Waals surface area contributed by atoms with Crippen LogP contribution >= 0.6 is 0 Å². The molecule has 0 bridgehead atoms. The Labute approximate surface area is 209 Å². The molecule has 0 fully saturated rings. The first-order valence-electron chi connectivity index (χ1n) is 13.7. The fourth-order valence-corrected chi connectivity index (χ4v) is 3.30. The topological polar surface area (TPSA) is 77.4 Å². The van der Waals surface area contributed by atoms with Gasteiger partial charge in [-0.05, 0) is 25.7 Å². The first kappa shape index (κ1) is 33.2. The summed E-state index contributed by atoms with van der Waals surface area (Å²) in [4.78, 5) is 0. The van der Waals surface area contributed by atoms with Crippen molar-refractivity contribution in [3.63, 3.8) is 0 Å². The molecule has 34 heavy (non-hydrogen) atoms. The van der Waals surface area contributed by atoms with Gasteiger partial charge in [0.2, 0.25) is 0 Å². The first-order valence-corrected chi connectivity index (χ1v) is 13.7. The largest absolute Gasteiger partial charge is 0.388 e. The van der Waals surface area contributed by atoms with Gasteiger partial charge in [-0.3, -0.25) is 0 Å². The van der Waals surface area contributed by atoms with E-state index in [4.69, 9.17) is 18.9 Å². The molecular weight excluding hydrogens is 432 g/mol. The van der Waals surface area contributed by atoms with Crippen LogP contribution in [0, 0.1) is 0 Å². The highest BCUT2D eigenvalue weighted by Crippen LogP contribution is 2.06. The monoisotopic (exact) mass is 486 g/mol. The molecule has 0 aliphatic carbocycles. The molecule has 0 amide bonds. The molecule has 0 radical (unpaired) electrons. The molecule has 0 saturated carbocycles. The summed E-state index contributed by atoms with van der Waals surface area (Å²) in [6.45, 7) is 7.15. The Hall–Kier alpha value is -0.760. The van der Waals surface area contributed by atoms with Crippen LogP contribution in [0.3, 0.4) is 0 Å². The van der Waals surface area contributed by atoms with Crippen LogP contribution in [-0.2, 0) is 18.9 Å². The Morgan fingerprint density at radius 1 is 0.500 bits per heavy atom. The van der Waals surface area contributed by atoms with E-state index in [1.54, 1.807) is 0 Å². The van der Waals surface area contributed by atoms with Gasteiger partial charge >= 0.3 is 0 Å². The molecule has 6 nitrogen and oxygen atoms in total. The third-order valence-corrected chi connectivity index (χ3v) is 5.32. The Balaban J connectivity index is 3.36. The zero-order valence-corrected chi connectivity index (χ0v) is 22.1. The normalized spacial score (nSPS) is 13.9. The van der Waals surface area contributed by atoms with Crippen LogP contribution in [0.15, 0.2) is 24.3 Å². The molecule has 0 spiro atoms. The highest BCUT2D eigenvalue weighted by Gasteiger charge is 2.06. The summed E-state index contributed by atoms with van der Waals surface area (Å²) in [7, 11) is 0. The molecule has 6 heteroatoms. The molecule has 2 unspecified atom stereocenters. The van der Waals surface area contributed by atoms with E-state index in [0.717, 1.165) is 12.8 Å². The summed E-state index contributed by atoms with van der Waals surface area (Å²) in [5.41, 5.74) is 0. The standard InChI is InChI=1S/C28H54O6/c1-3-5-7-9-11-13-15-17-19-31-23-27(29)25-33-21-22-34-26-28(30)24-32-20-18-16-14-12-10-8-6-4-2/h15-18,27-30H,3-14,19-26H2,1-2H3/b17-15+,18-16+. The first-order chi connectivity index (χ1) is 16.7. The van der Waals surface area contributed by atoms with Crippen molar-refractivity contribution in [1.29, 1.82) is 0 Å². The van der Waals surface area contributed by atoms with Gasteiger partial charge in [0.25, 0.3) is 0 Å². The number of aliphatic hydroxyl groups is 2. The lowest BCUT2D eigenvalue weighted by atomic mass is 10.1. The molecule has 2 atom stereocenters. The molecule has 0 aliphatic rings. The quantitative estimate of drug-likeness (QED) is 0.116. The maximum absolute atomic E-state index is 9.86. The maximum Gasteiger partial charge on any atom is 0.101 e. The van der Waals surface area contributed by atoms with Crippen molar-refractivity contribution in [1.82, 2.24) is 0 Å². The summed E-state index contributed by atoms with van der Waals surface area (Å²) in [5.74, 6) is 0. The molecule has 0 aromatic heterocycles. The van der Waals surface area contributed by atoms with Crippen molar-refractivity contribution in [3.05, 3.63) is 24.3 Å². The Bertz CT molecular complexity index is 401. The molecule has 0 saturated heterocycles. The average molecular weight is 487 g/mol. The van der Waals surface area contributed by atoms with Gasteiger partial charge in [0.1, 0.15) is 12.2 Å². The molecule has 0 aromatic rings. The minimum absolute atomic E-state index is 0.209. The van der Waals surface area contributed by atoms with E-state index < -0.39 is 12.2 Å². The minimum Gasteiger partial charge on any atom is -0.388 e. The molecule has 2 N–H and O–H groups in total. The minimum atomic E-state index is -0.647. The van der Waals surface area contributed by atoms with Gasteiger partial charge in [-0.15, -0.1) is 0 Å². The van der Waals surface area contributed by atoms with Gasteiger partial charge in [0.05, 0.1) is 52.9 Å². The molecule has 0 aromatic carbocycles. The van der Waals surface area contributed by atoms with Crippen LogP contribution in [0.4, 0.5) is 0 Å². The molecule has 0 heterocycles. The number of rotatable bonds is 27. The second-order valence-electron chi connectivity index (χ2n) is 8.88. The van der Waals surface area contributed by atoms with Gasteiger partial charge in [-0.25, -0.2) is 0 Å². The van der Waals surface area contributed by atoms with Crippen LogP contribution in [0.25, 0.3) is 0 Å². The fraction of sp³-hybridized carbons (Fsp3) is 0.857. The van der Waals surface area contributed by atoms with Crippen molar-refractivity contribution < 1.29 is 29.2 Å². The average Bonchev–Trinajstić information content (AvgIpc) is 2.83. The van der Waals surface area contributed by atoms with Gasteiger partial charge in [0, 0.05) is 0 Å². The van der Waals surface area contributed by atoms with E-state index in [9.17, 15) is 10.2 Å². The van der Waals surface area contributed by atoms with Crippen LogP contribution in [0.1, 0.15) is 90.9 Å². The maximum atomic E-state index is 9.86. The molecular formula is C28H54O6. The summed E-state index contributed by atoms with van der Waals surface area (Å²) < 4.78 is 21.7. The lowest BCUT2D eigenvalue weighted by Gasteiger charge is -2.13. The summed E-state index contributed by atoms with van der Waals surface area (Å²) in [6.07, 6.45) is 22.1. The van der Waals surface area contributed by atoms with E-state index in [-0.39, 0.29) is 26.4 Å². The van der Waals surface area contributed by atoms with Gasteiger partial charge < -0.3 is 29.2 Å². The zero-order valence-electron chi connectivity index (χ0n) is 22.1. The van der Waals surface area contributed by atoms with E-state index in [1.165, 1.54) is 64.2 Å². The number of aliphatic hydroxyl groups excluding tert-OH is 2. The van der Waals surface area contributed by atoms with Crippen LogP contribution in [0.2, 0.25) is 0 Å². The van der Waals surface area contributed by atoms with E-state index >= 15 is 0 Å². The van der Waals surface area contributed by atoms with E-state index in [2.05, 4.69) is 26.0 Å². The predicted octanol–water partition coefficient (Wildman–Crippen LogP) is 5.61. The second-order valence-corrected chi connectivity index (χ2v) is 8.88. The highest BCUT2D eigenvalue weighted by atomic mass is 16.5. The van der Waals surface area contributed by atoms with Crippen molar-refractivity contribution in [2.45, 2.75) is 103 Å². The number of hydrogen-bond donors (Lipinski definition) is 2.